The van der Waals surface area contributed by atoms with Gasteiger partial charge in [-0.25, -0.2) is 18.4 Å². The SMILES string of the molecule is CN(c1ncc(-c2ccc(-n3cc(F)cn3)cc2O)nn1)[C@H]1C[C@@H]2C=C[C@@](C)(N2)[C@H]1F. The second-order valence-corrected chi connectivity index (χ2v) is 8.16. The molecule has 1 saturated heterocycles. The van der Waals surface area contributed by atoms with E-state index in [1.54, 1.807) is 24.1 Å². The summed E-state index contributed by atoms with van der Waals surface area (Å²) in [6, 6.07) is 4.50. The van der Waals surface area contributed by atoms with Crippen LogP contribution in [0.15, 0.2) is 48.9 Å². The molecule has 8 nitrogen and oxygen atoms in total. The van der Waals surface area contributed by atoms with Crippen LogP contribution in [0, 0.1) is 5.82 Å². The standard InChI is InChI=1S/C21H21F2N7O/c1-21-6-5-13(26-21)7-17(19(21)23)29(2)20-24-10-16(27-28-20)15-4-3-14(8-18(15)31)30-11-12(22)9-25-30/h3-6,8-11,13,17,19,26,31H,7H2,1-2H3/t13-,17-,19-,21+/m0/s1. The number of nitrogens with zero attached hydrogens (tertiary/aromatic N) is 6. The van der Waals surface area contributed by atoms with Gasteiger partial charge in [0.15, 0.2) is 5.82 Å². The van der Waals surface area contributed by atoms with Gasteiger partial charge in [0, 0.05) is 24.7 Å². The number of phenols is 1. The largest absolute Gasteiger partial charge is 0.507 e. The van der Waals surface area contributed by atoms with E-state index in [0.29, 0.717) is 29.3 Å². The van der Waals surface area contributed by atoms with Crippen LogP contribution in [0.25, 0.3) is 16.9 Å². The Bertz CT molecular complexity index is 1150. The summed E-state index contributed by atoms with van der Waals surface area (Å²) in [4.78, 5) is 6.07. The predicted molar refractivity (Wildman–Crippen MR) is 110 cm³/mol. The molecule has 0 amide bonds. The number of aromatic nitrogens is 5. The van der Waals surface area contributed by atoms with Gasteiger partial charge < -0.3 is 10.0 Å². The fourth-order valence-electron chi connectivity index (χ4n) is 4.28. The molecule has 0 saturated carbocycles. The van der Waals surface area contributed by atoms with Gasteiger partial charge in [-0.05, 0) is 25.5 Å². The average molecular weight is 425 g/mol. The molecule has 31 heavy (non-hydrogen) atoms. The Hall–Kier alpha value is -3.40. The highest BCUT2D eigenvalue weighted by Gasteiger charge is 2.49. The summed E-state index contributed by atoms with van der Waals surface area (Å²) in [7, 11) is 1.76. The minimum atomic E-state index is -1.13. The lowest BCUT2D eigenvalue weighted by atomic mass is 9.86. The van der Waals surface area contributed by atoms with E-state index in [-0.39, 0.29) is 17.8 Å². The lowest BCUT2D eigenvalue weighted by molar-refractivity contribution is 0.128. The Morgan fingerprint density at radius 1 is 1.29 bits per heavy atom. The number of phenolic OH excluding ortho intramolecular Hbond substituents is 1. The molecular formula is C21H21F2N7O. The summed E-state index contributed by atoms with van der Waals surface area (Å²) < 4.78 is 29.6. The third-order valence-electron chi connectivity index (χ3n) is 6.01. The zero-order chi connectivity index (χ0) is 21.8. The van der Waals surface area contributed by atoms with Gasteiger partial charge in [0.05, 0.1) is 35.9 Å². The summed E-state index contributed by atoms with van der Waals surface area (Å²) in [5.41, 5.74) is 0.591. The average Bonchev–Trinajstić information content (AvgIpc) is 3.34. The first-order chi connectivity index (χ1) is 14.8. The zero-order valence-corrected chi connectivity index (χ0v) is 16.9. The van der Waals surface area contributed by atoms with Crippen LogP contribution in [0.5, 0.6) is 5.75 Å². The van der Waals surface area contributed by atoms with Crippen molar-refractivity contribution in [3.8, 4) is 22.7 Å². The minimum Gasteiger partial charge on any atom is -0.507 e. The van der Waals surface area contributed by atoms with Gasteiger partial charge >= 0.3 is 0 Å². The molecule has 5 rings (SSSR count). The number of nitrogens with one attached hydrogen (secondary N) is 1. The van der Waals surface area contributed by atoms with Crippen LogP contribution in [0.1, 0.15) is 13.3 Å². The fraction of sp³-hybridized carbons (Fsp3) is 0.333. The van der Waals surface area contributed by atoms with Gasteiger partial charge in [-0.1, -0.05) is 12.2 Å². The number of halogens is 2. The van der Waals surface area contributed by atoms with Gasteiger partial charge in [-0.2, -0.15) is 5.10 Å². The Labute approximate surface area is 177 Å². The summed E-state index contributed by atoms with van der Waals surface area (Å²) >= 11 is 0. The number of piperidine rings is 1. The number of anilines is 1. The number of alkyl halides is 1. The molecule has 2 aliphatic rings. The normalized spacial score (nSPS) is 26.9. The topological polar surface area (TPSA) is 92.0 Å². The molecule has 160 valence electrons. The van der Waals surface area contributed by atoms with Gasteiger partial charge in [-0.15, -0.1) is 10.2 Å². The molecular weight excluding hydrogens is 404 g/mol. The molecule has 0 spiro atoms. The minimum absolute atomic E-state index is 0.0663. The first kappa shape index (κ1) is 19.6. The Balaban J connectivity index is 1.37. The van der Waals surface area contributed by atoms with Gasteiger partial charge in [0.25, 0.3) is 0 Å². The van der Waals surface area contributed by atoms with Crippen molar-refractivity contribution in [2.24, 2.45) is 0 Å². The molecule has 0 unspecified atom stereocenters. The zero-order valence-electron chi connectivity index (χ0n) is 16.9. The van der Waals surface area contributed by atoms with Crippen molar-refractivity contribution in [1.29, 1.82) is 0 Å². The smallest absolute Gasteiger partial charge is 0.245 e. The Morgan fingerprint density at radius 3 is 2.81 bits per heavy atom. The molecule has 2 bridgehead atoms. The molecule has 2 N–H and O–H groups in total. The van der Waals surface area contributed by atoms with Crippen LogP contribution < -0.4 is 10.2 Å². The van der Waals surface area contributed by atoms with Crippen molar-refractivity contribution in [3.05, 3.63) is 54.8 Å². The number of hydrogen-bond acceptors (Lipinski definition) is 7. The molecule has 0 radical (unpaired) electrons. The highest BCUT2D eigenvalue weighted by molar-refractivity contribution is 5.68. The van der Waals surface area contributed by atoms with Crippen molar-refractivity contribution in [3.63, 3.8) is 0 Å². The van der Waals surface area contributed by atoms with E-state index < -0.39 is 17.5 Å². The third kappa shape index (κ3) is 3.32. The summed E-state index contributed by atoms with van der Waals surface area (Å²) in [5.74, 6) is -0.229. The maximum Gasteiger partial charge on any atom is 0.245 e. The molecule has 1 fully saturated rings. The maximum atomic E-state index is 15.1. The summed E-state index contributed by atoms with van der Waals surface area (Å²) in [6.45, 7) is 1.85. The molecule has 2 aromatic heterocycles. The van der Waals surface area contributed by atoms with E-state index in [4.69, 9.17) is 0 Å². The molecule has 10 heteroatoms. The van der Waals surface area contributed by atoms with Crippen molar-refractivity contribution in [2.75, 3.05) is 11.9 Å². The van der Waals surface area contributed by atoms with Crippen LogP contribution in [0.3, 0.4) is 0 Å². The number of rotatable bonds is 4. The molecule has 0 aliphatic carbocycles. The second-order valence-electron chi connectivity index (χ2n) is 8.16. The van der Waals surface area contributed by atoms with E-state index in [1.807, 2.05) is 19.1 Å². The first-order valence-corrected chi connectivity index (χ1v) is 9.92. The Kier molecular flexibility index (Phi) is 4.47. The van der Waals surface area contributed by atoms with Crippen LogP contribution in [0.4, 0.5) is 14.7 Å². The van der Waals surface area contributed by atoms with Crippen molar-refractivity contribution in [1.82, 2.24) is 30.3 Å². The van der Waals surface area contributed by atoms with Crippen molar-refractivity contribution < 1.29 is 13.9 Å². The first-order valence-electron chi connectivity index (χ1n) is 9.92. The Morgan fingerprint density at radius 2 is 2.13 bits per heavy atom. The molecule has 4 heterocycles. The van der Waals surface area contributed by atoms with Gasteiger partial charge in [0.2, 0.25) is 5.95 Å². The number of benzene rings is 1. The maximum absolute atomic E-state index is 15.1. The fourth-order valence-corrected chi connectivity index (χ4v) is 4.28. The molecule has 4 atom stereocenters. The monoisotopic (exact) mass is 425 g/mol. The second kappa shape index (κ2) is 7.09. The highest BCUT2D eigenvalue weighted by Crippen LogP contribution is 2.36. The van der Waals surface area contributed by atoms with E-state index in [0.717, 1.165) is 6.20 Å². The van der Waals surface area contributed by atoms with Crippen LogP contribution >= 0.6 is 0 Å². The van der Waals surface area contributed by atoms with Gasteiger partial charge in [0.1, 0.15) is 17.6 Å². The van der Waals surface area contributed by atoms with Gasteiger partial charge in [-0.3, -0.25) is 5.32 Å². The number of aromatic hydroxyl groups is 1. The lowest BCUT2D eigenvalue weighted by Crippen LogP contribution is -2.62. The molecule has 1 aromatic carbocycles. The third-order valence-corrected chi connectivity index (χ3v) is 6.01. The quantitative estimate of drug-likeness (QED) is 0.620. The van der Waals surface area contributed by atoms with Crippen molar-refractivity contribution in [2.45, 2.75) is 37.1 Å². The predicted octanol–water partition coefficient (Wildman–Crippen LogP) is 2.40. The van der Waals surface area contributed by atoms with Crippen LogP contribution in [-0.4, -0.2) is 60.9 Å². The number of fused-ring (bicyclic) bond motifs is 2. The number of hydrogen-bond donors (Lipinski definition) is 2. The van der Waals surface area contributed by atoms with Crippen molar-refractivity contribution >= 4 is 5.95 Å². The van der Waals surface area contributed by atoms with E-state index >= 15 is 4.39 Å². The summed E-state index contributed by atoms with van der Waals surface area (Å²) in [6.07, 6.45) is 7.16. The van der Waals surface area contributed by atoms with Crippen LogP contribution in [-0.2, 0) is 0 Å². The molecule has 2 aliphatic heterocycles. The lowest BCUT2D eigenvalue weighted by Gasteiger charge is -2.43. The van der Waals surface area contributed by atoms with E-state index in [9.17, 15) is 9.50 Å². The van der Waals surface area contributed by atoms with E-state index in [2.05, 4.69) is 25.6 Å². The summed E-state index contributed by atoms with van der Waals surface area (Å²) in [5, 5.41) is 25.9. The molecule has 3 aromatic rings. The van der Waals surface area contributed by atoms with Crippen LogP contribution in [0.2, 0.25) is 0 Å². The van der Waals surface area contributed by atoms with E-state index in [1.165, 1.54) is 23.1 Å². The highest BCUT2D eigenvalue weighted by atomic mass is 19.1.